The Kier molecular flexibility index (Phi) is 7.15. The fraction of sp³-hybridized carbons (Fsp3) is 0.296. The summed E-state index contributed by atoms with van der Waals surface area (Å²) >= 11 is 0. The third kappa shape index (κ3) is 5.99. The smallest absolute Gasteiger partial charge is 0.403 e. The Hall–Kier alpha value is -3.44. The highest BCUT2D eigenvalue weighted by Gasteiger charge is 2.32. The molecule has 0 radical (unpaired) electrons. The van der Waals surface area contributed by atoms with Gasteiger partial charge in [0.15, 0.2) is 21.4 Å². The molecular formula is C27H25F4N3O3S. The first-order chi connectivity index (χ1) is 18.1. The lowest BCUT2D eigenvalue weighted by Gasteiger charge is -2.26. The fourth-order valence-electron chi connectivity index (χ4n) is 4.65. The molecule has 2 aromatic heterocycles. The third-order valence-corrected chi connectivity index (χ3v) is 8.19. The fourth-order valence-corrected chi connectivity index (χ4v) is 5.93. The molecule has 11 heteroatoms. The van der Waals surface area contributed by atoms with E-state index in [2.05, 4.69) is 9.64 Å². The van der Waals surface area contributed by atoms with Crippen LogP contribution in [-0.2, 0) is 16.3 Å². The van der Waals surface area contributed by atoms with Gasteiger partial charge in [0.25, 0.3) is 0 Å². The van der Waals surface area contributed by atoms with Crippen molar-refractivity contribution in [2.24, 2.45) is 0 Å². The first kappa shape index (κ1) is 26.2. The molecule has 1 fully saturated rings. The van der Waals surface area contributed by atoms with Gasteiger partial charge in [0.2, 0.25) is 0 Å². The van der Waals surface area contributed by atoms with Gasteiger partial charge >= 0.3 is 6.36 Å². The number of hydrogen-bond donors (Lipinski definition) is 0. The van der Waals surface area contributed by atoms with Gasteiger partial charge in [-0.2, -0.15) is 0 Å². The van der Waals surface area contributed by atoms with Gasteiger partial charge in [0.05, 0.1) is 17.2 Å². The van der Waals surface area contributed by atoms with E-state index in [0.29, 0.717) is 30.0 Å². The summed E-state index contributed by atoms with van der Waals surface area (Å²) in [5.74, 6) is -1.65. The van der Waals surface area contributed by atoms with Crippen LogP contribution in [-0.4, -0.2) is 60.4 Å². The number of pyridine rings is 1. The maximum Gasteiger partial charge on any atom is 0.573 e. The molecule has 0 N–H and O–H groups in total. The lowest BCUT2D eigenvalue weighted by atomic mass is 10.1. The van der Waals surface area contributed by atoms with E-state index in [-0.39, 0.29) is 11.5 Å². The molecule has 2 aromatic carbocycles. The summed E-state index contributed by atoms with van der Waals surface area (Å²) in [5, 5.41) is 0.913. The predicted octanol–water partition coefficient (Wildman–Crippen LogP) is 5.39. The molecule has 38 heavy (non-hydrogen) atoms. The molecule has 5 rings (SSSR count). The Labute approximate surface area is 217 Å². The highest BCUT2D eigenvalue weighted by Crippen LogP contribution is 2.31. The van der Waals surface area contributed by atoms with Crippen LogP contribution >= 0.6 is 0 Å². The molecule has 0 amide bonds. The summed E-state index contributed by atoms with van der Waals surface area (Å²) in [7, 11) is -2.92. The normalized spacial score (nSPS) is 16.1. The number of nitrogens with zero attached hydrogens (tertiary/aromatic N) is 3. The Morgan fingerprint density at radius 1 is 0.974 bits per heavy atom. The summed E-state index contributed by atoms with van der Waals surface area (Å²) < 4.78 is 81.0. The van der Waals surface area contributed by atoms with Gasteiger partial charge in [0.1, 0.15) is 5.65 Å². The average molecular weight is 548 g/mol. The van der Waals surface area contributed by atoms with Gasteiger partial charge in [-0.1, -0.05) is 18.2 Å². The van der Waals surface area contributed by atoms with E-state index in [9.17, 15) is 26.0 Å². The number of benzene rings is 2. The van der Waals surface area contributed by atoms with E-state index in [1.165, 1.54) is 6.07 Å². The molecule has 200 valence electrons. The second kappa shape index (κ2) is 10.4. The molecule has 3 heterocycles. The number of para-hydroxylation sites is 1. The lowest BCUT2D eigenvalue weighted by Crippen LogP contribution is -2.40. The molecule has 0 unspecified atom stereocenters. The molecule has 0 bridgehead atoms. The van der Waals surface area contributed by atoms with E-state index >= 15 is 0 Å². The molecule has 4 aromatic rings. The molecule has 1 aliphatic rings. The number of aromatic nitrogens is 2. The number of rotatable bonds is 7. The van der Waals surface area contributed by atoms with Crippen LogP contribution in [0.3, 0.4) is 0 Å². The van der Waals surface area contributed by atoms with Gasteiger partial charge in [-0.15, -0.1) is 13.2 Å². The summed E-state index contributed by atoms with van der Waals surface area (Å²) in [5.41, 5.74) is 3.32. The minimum absolute atomic E-state index is 0.191. The topological polar surface area (TPSA) is 64.4 Å². The van der Waals surface area contributed by atoms with Crippen LogP contribution in [0.1, 0.15) is 12.0 Å². The number of halogens is 4. The quantitative estimate of drug-likeness (QED) is 0.290. The molecule has 1 aliphatic heterocycles. The molecule has 0 aliphatic carbocycles. The van der Waals surface area contributed by atoms with Gasteiger partial charge in [-0.05, 0) is 67.4 Å². The third-order valence-electron chi connectivity index (χ3n) is 6.58. The molecule has 6 nitrogen and oxygen atoms in total. The van der Waals surface area contributed by atoms with Crippen LogP contribution < -0.4 is 4.74 Å². The zero-order valence-electron chi connectivity index (χ0n) is 20.3. The van der Waals surface area contributed by atoms with Crippen molar-refractivity contribution < 1.29 is 30.7 Å². The summed E-state index contributed by atoms with van der Waals surface area (Å²) in [6, 6.07) is 16.5. The maximum absolute atomic E-state index is 14.4. The Bertz CT molecular complexity index is 1540. The van der Waals surface area contributed by atoms with Crippen molar-refractivity contribution in [1.29, 1.82) is 0 Å². The standard InChI is InChI=1S/C27H25F4N3O3S/c28-23-17-19(8-11-25(23)37-27(29,30)31)24-10-9-22-20(5-4-12-33-13-15-38(35,36)16-14-33)18-34(26(22)32-24)21-6-2-1-3-7-21/h1-3,6-11,17-18H,4-5,12-16H2. The van der Waals surface area contributed by atoms with Crippen LogP contribution in [0.15, 0.2) is 66.9 Å². The monoisotopic (exact) mass is 547 g/mol. The first-order valence-corrected chi connectivity index (χ1v) is 13.9. The number of hydrogen-bond acceptors (Lipinski definition) is 5. The minimum Gasteiger partial charge on any atom is -0.403 e. The minimum atomic E-state index is -4.99. The van der Waals surface area contributed by atoms with Crippen LogP contribution in [0, 0.1) is 5.82 Å². The number of aryl methyl sites for hydroxylation is 1. The van der Waals surface area contributed by atoms with Crippen molar-refractivity contribution in [3.63, 3.8) is 0 Å². The summed E-state index contributed by atoms with van der Waals surface area (Å²) in [6.45, 7) is 1.87. The highest BCUT2D eigenvalue weighted by atomic mass is 32.2. The van der Waals surface area contributed by atoms with Crippen LogP contribution in [0.25, 0.3) is 28.0 Å². The van der Waals surface area contributed by atoms with Gasteiger partial charge in [0, 0.05) is 35.9 Å². The zero-order valence-corrected chi connectivity index (χ0v) is 21.1. The van der Waals surface area contributed by atoms with Crippen molar-refractivity contribution >= 4 is 20.9 Å². The lowest BCUT2D eigenvalue weighted by molar-refractivity contribution is -0.275. The summed E-state index contributed by atoms with van der Waals surface area (Å²) in [4.78, 5) is 6.92. The number of ether oxygens (including phenoxy) is 1. The van der Waals surface area contributed by atoms with E-state index in [1.54, 1.807) is 6.07 Å². The zero-order chi connectivity index (χ0) is 26.9. The largest absolute Gasteiger partial charge is 0.573 e. The van der Waals surface area contributed by atoms with E-state index in [1.807, 2.05) is 47.2 Å². The van der Waals surface area contributed by atoms with Gasteiger partial charge in [-0.25, -0.2) is 17.8 Å². The van der Waals surface area contributed by atoms with Crippen molar-refractivity contribution in [3.05, 3.63) is 78.2 Å². The number of fused-ring (bicyclic) bond motifs is 1. The SMILES string of the molecule is O=S1(=O)CCN(CCCc2cn(-c3ccccc3)c3nc(-c4ccc(OC(F)(F)F)c(F)c4)ccc23)CC1. The first-order valence-electron chi connectivity index (χ1n) is 12.1. The van der Waals surface area contributed by atoms with Gasteiger partial charge in [-0.3, -0.25) is 0 Å². The number of alkyl halides is 3. The van der Waals surface area contributed by atoms with E-state index in [0.717, 1.165) is 48.2 Å². The Morgan fingerprint density at radius 3 is 2.39 bits per heavy atom. The molecule has 0 spiro atoms. The van der Waals surface area contributed by atoms with Crippen molar-refractivity contribution in [2.45, 2.75) is 19.2 Å². The van der Waals surface area contributed by atoms with E-state index < -0.39 is 27.8 Å². The molecular weight excluding hydrogens is 522 g/mol. The molecule has 0 saturated carbocycles. The van der Waals surface area contributed by atoms with E-state index in [4.69, 9.17) is 4.98 Å². The Balaban J connectivity index is 1.43. The second-order valence-electron chi connectivity index (χ2n) is 9.22. The molecule has 0 atom stereocenters. The van der Waals surface area contributed by atoms with Crippen molar-refractivity contribution in [3.8, 4) is 22.7 Å². The predicted molar refractivity (Wildman–Crippen MR) is 137 cm³/mol. The van der Waals surface area contributed by atoms with Crippen LogP contribution in [0.4, 0.5) is 17.6 Å². The maximum atomic E-state index is 14.4. The van der Waals surface area contributed by atoms with Gasteiger partial charge < -0.3 is 14.2 Å². The van der Waals surface area contributed by atoms with Crippen molar-refractivity contribution in [2.75, 3.05) is 31.1 Å². The molecule has 1 saturated heterocycles. The number of sulfone groups is 1. The average Bonchev–Trinajstić information content (AvgIpc) is 3.24. The Morgan fingerprint density at radius 2 is 1.71 bits per heavy atom. The van der Waals surface area contributed by atoms with Crippen molar-refractivity contribution in [1.82, 2.24) is 14.5 Å². The van der Waals surface area contributed by atoms with Crippen LogP contribution in [0.5, 0.6) is 5.75 Å². The summed E-state index contributed by atoms with van der Waals surface area (Å²) in [6.07, 6.45) is -1.39. The van der Waals surface area contributed by atoms with Crippen LogP contribution in [0.2, 0.25) is 0 Å². The second-order valence-corrected chi connectivity index (χ2v) is 11.5. The highest BCUT2D eigenvalue weighted by molar-refractivity contribution is 7.91.